The molecule has 0 fully saturated rings. The predicted molar refractivity (Wildman–Crippen MR) is 115 cm³/mol. The summed E-state index contributed by atoms with van der Waals surface area (Å²) >= 11 is 1.70. The van der Waals surface area contributed by atoms with Crippen LogP contribution >= 0.6 is 11.3 Å². The molecule has 3 rings (SSSR count). The summed E-state index contributed by atoms with van der Waals surface area (Å²) in [6.45, 7) is 6.19. The Morgan fingerprint density at radius 3 is 2.74 bits per heavy atom. The van der Waals surface area contributed by atoms with Crippen molar-refractivity contribution in [1.29, 1.82) is 0 Å². The fraction of sp³-hybridized carbons (Fsp3) is 0.350. The number of para-hydroxylation sites is 1. The first-order valence-electron chi connectivity index (χ1n) is 9.06. The Morgan fingerprint density at radius 1 is 1.22 bits per heavy atom. The van der Waals surface area contributed by atoms with Gasteiger partial charge in [0.1, 0.15) is 10.8 Å². The number of aliphatic imine (C=N–C) groups is 1. The van der Waals surface area contributed by atoms with E-state index in [0.717, 1.165) is 39.8 Å². The Morgan fingerprint density at radius 2 is 2.04 bits per heavy atom. The van der Waals surface area contributed by atoms with Gasteiger partial charge < -0.3 is 15.5 Å². The number of hydrogen-bond donors (Lipinski definition) is 2. The van der Waals surface area contributed by atoms with E-state index in [9.17, 15) is 0 Å². The topological polar surface area (TPSA) is 65.4 Å². The zero-order valence-electron chi connectivity index (χ0n) is 16.3. The van der Waals surface area contributed by atoms with Gasteiger partial charge in [0.25, 0.3) is 0 Å². The first-order chi connectivity index (χ1) is 13.1. The van der Waals surface area contributed by atoms with Crippen LogP contribution in [-0.2, 0) is 13.1 Å². The van der Waals surface area contributed by atoms with Crippen molar-refractivity contribution < 1.29 is 0 Å². The lowest BCUT2D eigenvalue weighted by Gasteiger charge is -2.15. The third kappa shape index (κ3) is 4.95. The average Bonchev–Trinajstić information content (AvgIpc) is 3.08. The number of benzene rings is 1. The molecular weight excluding hydrogens is 356 g/mol. The van der Waals surface area contributed by atoms with E-state index < -0.39 is 0 Å². The van der Waals surface area contributed by atoms with Gasteiger partial charge in [-0.3, -0.25) is 0 Å². The number of guanidine groups is 1. The fourth-order valence-electron chi connectivity index (χ4n) is 2.74. The summed E-state index contributed by atoms with van der Waals surface area (Å²) in [6, 6.07) is 10.3. The molecule has 0 aliphatic carbocycles. The third-order valence-corrected chi connectivity index (χ3v) is 4.99. The number of fused-ring (bicyclic) bond motifs is 1. The Hall–Kier alpha value is -2.67. The molecule has 0 unspecified atom stereocenters. The largest absolute Gasteiger partial charge is 0.363 e. The molecule has 0 saturated carbocycles. The van der Waals surface area contributed by atoms with Gasteiger partial charge in [0.05, 0.1) is 18.6 Å². The quantitative estimate of drug-likeness (QED) is 0.506. The summed E-state index contributed by atoms with van der Waals surface area (Å²) in [5.41, 5.74) is 2.15. The van der Waals surface area contributed by atoms with Gasteiger partial charge in [0.2, 0.25) is 0 Å². The average molecular weight is 383 g/mol. The minimum atomic E-state index is 0.579. The molecule has 0 amide bonds. The lowest BCUT2D eigenvalue weighted by molar-refractivity contribution is 0.812. The van der Waals surface area contributed by atoms with Crippen molar-refractivity contribution in [2.24, 2.45) is 4.99 Å². The zero-order chi connectivity index (χ0) is 19.2. The maximum Gasteiger partial charge on any atom is 0.191 e. The van der Waals surface area contributed by atoms with E-state index in [1.807, 2.05) is 43.4 Å². The Bertz CT molecular complexity index is 931. The van der Waals surface area contributed by atoms with Crippen molar-refractivity contribution in [3.05, 3.63) is 52.0 Å². The van der Waals surface area contributed by atoms with Crippen LogP contribution in [0.4, 0.5) is 5.82 Å². The van der Waals surface area contributed by atoms with Gasteiger partial charge in [-0.2, -0.15) is 0 Å². The maximum absolute atomic E-state index is 4.78. The molecule has 0 bridgehead atoms. The third-order valence-electron chi connectivity index (χ3n) is 4.07. The van der Waals surface area contributed by atoms with Crippen LogP contribution in [0.5, 0.6) is 0 Å². The number of pyridine rings is 1. The molecule has 0 radical (unpaired) electrons. The highest BCUT2D eigenvalue weighted by Gasteiger charge is 2.08. The standard InChI is InChI=1S/C20H26N6S/c1-5-21-20(24-13-19-22-11-14(2)27-19)23-12-15-10-18(26(3)4)25-17-9-7-6-8-16(15)17/h6-11H,5,12-13H2,1-4H3,(H2,21,23,24). The van der Waals surface area contributed by atoms with Gasteiger partial charge in [-0.05, 0) is 31.5 Å². The molecule has 0 aliphatic rings. The minimum absolute atomic E-state index is 0.579. The van der Waals surface area contributed by atoms with Crippen LogP contribution in [0.2, 0.25) is 0 Å². The van der Waals surface area contributed by atoms with Crippen LogP contribution in [0.25, 0.3) is 10.9 Å². The first kappa shape index (κ1) is 19.1. The molecule has 2 heterocycles. The van der Waals surface area contributed by atoms with E-state index in [0.29, 0.717) is 13.1 Å². The first-order valence-corrected chi connectivity index (χ1v) is 9.88. The van der Waals surface area contributed by atoms with Gasteiger partial charge in [-0.25, -0.2) is 15.0 Å². The Kier molecular flexibility index (Phi) is 6.24. The highest BCUT2D eigenvalue weighted by atomic mass is 32.1. The Labute approximate surface area is 164 Å². The molecule has 27 heavy (non-hydrogen) atoms. The van der Waals surface area contributed by atoms with Gasteiger partial charge in [-0.1, -0.05) is 18.2 Å². The molecule has 142 valence electrons. The van der Waals surface area contributed by atoms with Gasteiger partial charge >= 0.3 is 0 Å². The van der Waals surface area contributed by atoms with Crippen LogP contribution in [0.15, 0.2) is 41.5 Å². The molecule has 0 atom stereocenters. The second kappa shape index (κ2) is 8.81. The number of thiazole rings is 1. The number of nitrogens with one attached hydrogen (secondary N) is 2. The number of hydrogen-bond acceptors (Lipinski definition) is 5. The van der Waals surface area contributed by atoms with Gasteiger partial charge in [-0.15, -0.1) is 11.3 Å². The van der Waals surface area contributed by atoms with Crippen molar-refractivity contribution in [1.82, 2.24) is 20.6 Å². The van der Waals surface area contributed by atoms with E-state index in [4.69, 9.17) is 9.98 Å². The second-order valence-electron chi connectivity index (χ2n) is 6.46. The van der Waals surface area contributed by atoms with Crippen LogP contribution in [0, 0.1) is 6.92 Å². The van der Waals surface area contributed by atoms with E-state index in [-0.39, 0.29) is 0 Å². The summed E-state index contributed by atoms with van der Waals surface area (Å²) in [4.78, 5) is 17.1. The van der Waals surface area contributed by atoms with E-state index in [1.165, 1.54) is 4.88 Å². The molecular formula is C20H26N6S. The normalized spacial score (nSPS) is 11.6. The number of anilines is 1. The SMILES string of the molecule is CCNC(=NCc1cc(N(C)C)nc2ccccc12)NCc1ncc(C)s1. The Balaban J connectivity index is 1.82. The number of nitrogens with zero attached hydrogens (tertiary/aromatic N) is 4. The van der Waals surface area contributed by atoms with Crippen molar-refractivity contribution in [3.8, 4) is 0 Å². The molecule has 0 saturated heterocycles. The summed E-state index contributed by atoms with van der Waals surface area (Å²) in [6.07, 6.45) is 1.90. The molecule has 6 nitrogen and oxygen atoms in total. The van der Waals surface area contributed by atoms with E-state index in [1.54, 1.807) is 11.3 Å². The molecule has 7 heteroatoms. The van der Waals surface area contributed by atoms with Crippen LogP contribution in [0.1, 0.15) is 22.4 Å². The maximum atomic E-state index is 4.78. The lowest BCUT2D eigenvalue weighted by Crippen LogP contribution is -2.36. The van der Waals surface area contributed by atoms with Crippen molar-refractivity contribution in [2.45, 2.75) is 26.9 Å². The summed E-state index contributed by atoms with van der Waals surface area (Å²) in [5.74, 6) is 1.73. The summed E-state index contributed by atoms with van der Waals surface area (Å²) < 4.78 is 0. The zero-order valence-corrected chi connectivity index (χ0v) is 17.1. The number of aromatic nitrogens is 2. The van der Waals surface area contributed by atoms with Gasteiger partial charge in [0.15, 0.2) is 5.96 Å². The molecule has 1 aromatic carbocycles. The van der Waals surface area contributed by atoms with E-state index >= 15 is 0 Å². The molecule has 0 spiro atoms. The number of aryl methyl sites for hydroxylation is 1. The van der Waals surface area contributed by atoms with Crippen molar-refractivity contribution in [3.63, 3.8) is 0 Å². The monoisotopic (exact) mass is 382 g/mol. The predicted octanol–water partition coefficient (Wildman–Crippen LogP) is 3.32. The summed E-state index contributed by atoms with van der Waals surface area (Å²) in [7, 11) is 4.01. The fourth-order valence-corrected chi connectivity index (χ4v) is 3.47. The van der Waals surface area contributed by atoms with Crippen molar-refractivity contribution >= 4 is 34.0 Å². The molecule has 0 aliphatic heterocycles. The van der Waals surface area contributed by atoms with E-state index in [2.05, 4.69) is 41.6 Å². The lowest BCUT2D eigenvalue weighted by atomic mass is 10.1. The second-order valence-corrected chi connectivity index (χ2v) is 7.78. The smallest absolute Gasteiger partial charge is 0.191 e. The molecule has 3 aromatic rings. The minimum Gasteiger partial charge on any atom is -0.363 e. The highest BCUT2D eigenvalue weighted by Crippen LogP contribution is 2.22. The molecule has 2 N–H and O–H groups in total. The van der Waals surface area contributed by atoms with Crippen LogP contribution < -0.4 is 15.5 Å². The highest BCUT2D eigenvalue weighted by molar-refractivity contribution is 7.11. The molecule has 2 aromatic heterocycles. The summed E-state index contributed by atoms with van der Waals surface area (Å²) in [5, 5.41) is 8.87. The van der Waals surface area contributed by atoms with Crippen LogP contribution in [0.3, 0.4) is 0 Å². The number of rotatable bonds is 6. The van der Waals surface area contributed by atoms with Crippen LogP contribution in [-0.4, -0.2) is 36.6 Å². The van der Waals surface area contributed by atoms with Crippen molar-refractivity contribution in [2.75, 3.05) is 25.5 Å². The van der Waals surface area contributed by atoms with Gasteiger partial charge in [0, 0.05) is 37.1 Å².